The maximum absolute atomic E-state index is 6.12. The fourth-order valence-electron chi connectivity index (χ4n) is 3.14. The molecule has 25 heavy (non-hydrogen) atoms. The van der Waals surface area contributed by atoms with Crippen molar-refractivity contribution in [1.82, 2.24) is 9.97 Å². The van der Waals surface area contributed by atoms with Crippen molar-refractivity contribution in [1.29, 1.82) is 0 Å². The van der Waals surface area contributed by atoms with Crippen LogP contribution < -0.4 is 0 Å². The minimum atomic E-state index is 0.566. The van der Waals surface area contributed by atoms with Crippen LogP contribution in [0.1, 0.15) is 17.1 Å². The summed E-state index contributed by atoms with van der Waals surface area (Å²) in [6.07, 6.45) is 0.683. The summed E-state index contributed by atoms with van der Waals surface area (Å²) in [5.74, 6) is 0.916. The van der Waals surface area contributed by atoms with Gasteiger partial charge in [-0.3, -0.25) is 0 Å². The fourth-order valence-corrected chi connectivity index (χ4v) is 3.46. The standard InChI is InChI=1S/C21H16Cl2N2/c1-13-21(17-8-4-6-15-5-2-3-7-16(15)17)25-20(24-13)12-14-9-10-18(22)19(23)11-14/h2-11H,12H2,1H3,(H,24,25). The molecule has 0 spiro atoms. The van der Waals surface area contributed by atoms with Crippen molar-refractivity contribution in [2.45, 2.75) is 13.3 Å². The lowest BCUT2D eigenvalue weighted by atomic mass is 10.0. The molecule has 0 saturated heterocycles. The number of aromatic amines is 1. The summed E-state index contributed by atoms with van der Waals surface area (Å²) in [6, 6.07) is 20.4. The first-order valence-corrected chi connectivity index (χ1v) is 8.85. The Morgan fingerprint density at radius 1 is 0.920 bits per heavy atom. The van der Waals surface area contributed by atoms with Crippen LogP contribution in [-0.2, 0) is 6.42 Å². The third-order valence-corrected chi connectivity index (χ3v) is 5.07. The first-order valence-electron chi connectivity index (χ1n) is 8.09. The maximum atomic E-state index is 6.12. The second-order valence-corrected chi connectivity index (χ2v) is 6.92. The number of fused-ring (bicyclic) bond motifs is 1. The summed E-state index contributed by atoms with van der Waals surface area (Å²) in [7, 11) is 0. The predicted octanol–water partition coefficient (Wildman–Crippen LogP) is 6.44. The van der Waals surface area contributed by atoms with Crippen LogP contribution in [0.5, 0.6) is 0 Å². The minimum Gasteiger partial charge on any atom is -0.345 e. The maximum Gasteiger partial charge on any atom is 0.111 e. The van der Waals surface area contributed by atoms with E-state index < -0.39 is 0 Å². The number of benzene rings is 3. The summed E-state index contributed by atoms with van der Waals surface area (Å²) in [5, 5.41) is 3.56. The number of nitrogens with zero attached hydrogens (tertiary/aromatic N) is 1. The van der Waals surface area contributed by atoms with Crippen LogP contribution in [0.2, 0.25) is 10.0 Å². The lowest BCUT2D eigenvalue weighted by Crippen LogP contribution is -1.91. The number of H-pyrrole nitrogens is 1. The molecule has 0 fully saturated rings. The van der Waals surface area contributed by atoms with Gasteiger partial charge < -0.3 is 4.98 Å². The van der Waals surface area contributed by atoms with Gasteiger partial charge >= 0.3 is 0 Å². The van der Waals surface area contributed by atoms with Gasteiger partial charge in [0.05, 0.1) is 15.7 Å². The zero-order valence-electron chi connectivity index (χ0n) is 13.7. The van der Waals surface area contributed by atoms with Gasteiger partial charge in [0.15, 0.2) is 0 Å². The molecule has 1 heterocycles. The van der Waals surface area contributed by atoms with Crippen molar-refractivity contribution in [3.05, 3.63) is 87.8 Å². The second-order valence-electron chi connectivity index (χ2n) is 6.11. The van der Waals surface area contributed by atoms with Crippen LogP contribution in [0.3, 0.4) is 0 Å². The molecule has 1 aromatic heterocycles. The SMILES string of the molecule is Cc1[nH]c(Cc2ccc(Cl)c(Cl)c2)nc1-c1cccc2ccccc12. The molecule has 0 saturated carbocycles. The van der Waals surface area contributed by atoms with E-state index in [-0.39, 0.29) is 0 Å². The first kappa shape index (κ1) is 16.2. The number of hydrogen-bond donors (Lipinski definition) is 1. The van der Waals surface area contributed by atoms with E-state index in [4.69, 9.17) is 28.2 Å². The highest BCUT2D eigenvalue weighted by Crippen LogP contribution is 2.30. The summed E-state index contributed by atoms with van der Waals surface area (Å²) in [6.45, 7) is 2.06. The van der Waals surface area contributed by atoms with Gasteiger partial charge in [0, 0.05) is 17.7 Å². The quantitative estimate of drug-likeness (QED) is 0.444. The van der Waals surface area contributed by atoms with E-state index in [1.54, 1.807) is 0 Å². The second kappa shape index (κ2) is 6.55. The Morgan fingerprint density at radius 2 is 1.72 bits per heavy atom. The number of hydrogen-bond acceptors (Lipinski definition) is 1. The number of rotatable bonds is 3. The zero-order valence-corrected chi connectivity index (χ0v) is 15.2. The van der Waals surface area contributed by atoms with E-state index in [2.05, 4.69) is 54.4 Å². The third-order valence-electron chi connectivity index (χ3n) is 4.33. The number of aryl methyl sites for hydroxylation is 1. The Hall–Kier alpha value is -2.29. The largest absolute Gasteiger partial charge is 0.345 e. The van der Waals surface area contributed by atoms with Crippen LogP contribution in [0.25, 0.3) is 22.0 Å². The Balaban J connectivity index is 1.74. The monoisotopic (exact) mass is 366 g/mol. The van der Waals surface area contributed by atoms with E-state index in [1.165, 1.54) is 10.8 Å². The smallest absolute Gasteiger partial charge is 0.111 e. The molecule has 0 aliphatic carbocycles. The van der Waals surface area contributed by atoms with Gasteiger partial charge in [-0.15, -0.1) is 0 Å². The van der Waals surface area contributed by atoms with E-state index >= 15 is 0 Å². The van der Waals surface area contributed by atoms with E-state index in [0.29, 0.717) is 16.5 Å². The molecule has 0 radical (unpaired) electrons. The molecule has 4 aromatic rings. The van der Waals surface area contributed by atoms with Crippen LogP contribution in [0.4, 0.5) is 0 Å². The molecule has 3 aromatic carbocycles. The molecule has 124 valence electrons. The van der Waals surface area contributed by atoms with Crippen molar-refractivity contribution >= 4 is 34.0 Å². The normalized spacial score (nSPS) is 11.2. The minimum absolute atomic E-state index is 0.566. The molecular weight excluding hydrogens is 351 g/mol. The fraction of sp³-hybridized carbons (Fsp3) is 0.0952. The Morgan fingerprint density at radius 3 is 2.56 bits per heavy atom. The van der Waals surface area contributed by atoms with Gasteiger partial charge in [0.25, 0.3) is 0 Å². The first-order chi connectivity index (χ1) is 12.1. The molecule has 0 amide bonds. The number of imidazole rings is 1. The summed E-state index contributed by atoms with van der Waals surface area (Å²) in [4.78, 5) is 8.25. The molecule has 0 aliphatic rings. The van der Waals surface area contributed by atoms with E-state index in [9.17, 15) is 0 Å². The van der Waals surface area contributed by atoms with Crippen LogP contribution in [-0.4, -0.2) is 9.97 Å². The average molecular weight is 367 g/mol. The molecular formula is C21H16Cl2N2. The molecule has 0 aliphatic heterocycles. The zero-order chi connectivity index (χ0) is 17.4. The van der Waals surface area contributed by atoms with Crippen LogP contribution in [0.15, 0.2) is 60.7 Å². The highest BCUT2D eigenvalue weighted by molar-refractivity contribution is 6.42. The van der Waals surface area contributed by atoms with Crippen molar-refractivity contribution < 1.29 is 0 Å². The van der Waals surface area contributed by atoms with E-state index in [0.717, 1.165) is 28.3 Å². The van der Waals surface area contributed by atoms with Crippen molar-refractivity contribution in [2.75, 3.05) is 0 Å². The number of nitrogens with one attached hydrogen (secondary N) is 1. The van der Waals surface area contributed by atoms with Gasteiger partial charge in [0.2, 0.25) is 0 Å². The van der Waals surface area contributed by atoms with Gasteiger partial charge in [-0.2, -0.15) is 0 Å². The van der Waals surface area contributed by atoms with Crippen molar-refractivity contribution in [2.24, 2.45) is 0 Å². The molecule has 0 unspecified atom stereocenters. The Kier molecular flexibility index (Phi) is 4.24. The predicted molar refractivity (Wildman–Crippen MR) is 106 cm³/mol. The summed E-state index contributed by atoms with van der Waals surface area (Å²) >= 11 is 12.1. The molecule has 2 nitrogen and oxygen atoms in total. The topological polar surface area (TPSA) is 28.7 Å². The molecule has 1 N–H and O–H groups in total. The van der Waals surface area contributed by atoms with Crippen molar-refractivity contribution in [3.63, 3.8) is 0 Å². The molecule has 0 bridgehead atoms. The average Bonchev–Trinajstić information content (AvgIpc) is 2.98. The summed E-state index contributed by atoms with van der Waals surface area (Å²) in [5.41, 5.74) is 4.28. The Labute approximate surface area is 156 Å². The molecule has 4 heteroatoms. The van der Waals surface area contributed by atoms with Gasteiger partial charge in [-0.05, 0) is 35.4 Å². The highest BCUT2D eigenvalue weighted by atomic mass is 35.5. The lowest BCUT2D eigenvalue weighted by molar-refractivity contribution is 1.02. The van der Waals surface area contributed by atoms with Crippen molar-refractivity contribution in [3.8, 4) is 11.3 Å². The van der Waals surface area contributed by atoms with E-state index in [1.807, 2.05) is 18.2 Å². The van der Waals surface area contributed by atoms with Crippen LogP contribution in [0, 0.1) is 6.92 Å². The molecule has 0 atom stereocenters. The number of aromatic nitrogens is 2. The van der Waals surface area contributed by atoms with Crippen LogP contribution >= 0.6 is 23.2 Å². The van der Waals surface area contributed by atoms with Gasteiger partial charge in [-0.25, -0.2) is 4.98 Å². The summed E-state index contributed by atoms with van der Waals surface area (Å²) < 4.78 is 0. The highest BCUT2D eigenvalue weighted by Gasteiger charge is 2.12. The molecule has 4 rings (SSSR count). The Bertz CT molecular complexity index is 1060. The van der Waals surface area contributed by atoms with Gasteiger partial charge in [0.1, 0.15) is 5.82 Å². The number of halogens is 2. The lowest BCUT2D eigenvalue weighted by Gasteiger charge is -2.04. The van der Waals surface area contributed by atoms with Gasteiger partial charge in [-0.1, -0.05) is 71.7 Å². The third kappa shape index (κ3) is 3.15.